The molecule has 0 aromatic heterocycles. The molecule has 0 radical (unpaired) electrons. The van der Waals surface area contributed by atoms with E-state index in [4.69, 9.17) is 4.43 Å². The Bertz CT molecular complexity index is 405. The molecule has 2 rings (SSSR count). The zero-order valence-electron chi connectivity index (χ0n) is 11.8. The average Bonchev–Trinajstić information content (AvgIpc) is 2.68. The lowest BCUT2D eigenvalue weighted by Gasteiger charge is -2.24. The van der Waals surface area contributed by atoms with Gasteiger partial charge in [0.2, 0.25) is 0 Å². The standard InChI is InChI=1S/C16H24OSi/c1-13-10-15(12-17-18(2,3)4)16(11-13)14-8-6-5-7-9-14/h5-9,15-16H,1,10-12H2,2-4H3/t15-,16-/m0/s1. The second-order valence-corrected chi connectivity index (χ2v) is 10.9. The van der Waals surface area contributed by atoms with E-state index in [0.29, 0.717) is 11.8 Å². The number of benzene rings is 1. The summed E-state index contributed by atoms with van der Waals surface area (Å²) in [6.07, 6.45) is 2.26. The molecule has 1 aliphatic rings. The Balaban J connectivity index is 2.06. The predicted octanol–water partition coefficient (Wildman–Crippen LogP) is 4.59. The molecule has 0 amide bonds. The Morgan fingerprint density at radius 1 is 1.17 bits per heavy atom. The van der Waals surface area contributed by atoms with Crippen molar-refractivity contribution >= 4 is 8.32 Å². The Hall–Kier alpha value is -0.863. The Morgan fingerprint density at radius 2 is 1.83 bits per heavy atom. The molecule has 1 aromatic carbocycles. The van der Waals surface area contributed by atoms with Crippen LogP contribution in [0.2, 0.25) is 19.6 Å². The Labute approximate surface area is 112 Å². The van der Waals surface area contributed by atoms with Crippen LogP contribution in [-0.4, -0.2) is 14.9 Å². The maximum absolute atomic E-state index is 6.11. The highest BCUT2D eigenvalue weighted by Crippen LogP contribution is 2.42. The Kier molecular flexibility index (Phi) is 4.08. The molecule has 18 heavy (non-hydrogen) atoms. The van der Waals surface area contributed by atoms with Crippen LogP contribution in [-0.2, 0) is 4.43 Å². The molecule has 0 N–H and O–H groups in total. The second-order valence-electron chi connectivity index (χ2n) is 6.36. The first kappa shape index (κ1) is 13.6. The number of hydrogen-bond donors (Lipinski definition) is 0. The van der Waals surface area contributed by atoms with Crippen LogP contribution in [0.4, 0.5) is 0 Å². The van der Waals surface area contributed by atoms with Gasteiger partial charge in [0.1, 0.15) is 0 Å². The van der Waals surface area contributed by atoms with Crippen LogP contribution in [0, 0.1) is 5.92 Å². The van der Waals surface area contributed by atoms with Crippen LogP contribution in [0.5, 0.6) is 0 Å². The maximum Gasteiger partial charge on any atom is 0.183 e. The van der Waals surface area contributed by atoms with E-state index in [2.05, 4.69) is 56.6 Å². The van der Waals surface area contributed by atoms with Crippen LogP contribution in [0.25, 0.3) is 0 Å². The monoisotopic (exact) mass is 260 g/mol. The molecule has 1 aliphatic carbocycles. The molecule has 0 spiro atoms. The molecule has 0 heterocycles. The molecule has 1 nitrogen and oxygen atoms in total. The van der Waals surface area contributed by atoms with E-state index in [1.807, 2.05) is 0 Å². The van der Waals surface area contributed by atoms with Gasteiger partial charge in [0, 0.05) is 6.61 Å². The molecule has 2 atom stereocenters. The number of rotatable bonds is 4. The summed E-state index contributed by atoms with van der Waals surface area (Å²) in [5.74, 6) is 1.22. The molecule has 0 saturated heterocycles. The van der Waals surface area contributed by atoms with Gasteiger partial charge in [-0.3, -0.25) is 0 Å². The molecule has 2 heteroatoms. The van der Waals surface area contributed by atoms with Crippen LogP contribution < -0.4 is 0 Å². The quantitative estimate of drug-likeness (QED) is 0.568. The van der Waals surface area contributed by atoms with Crippen molar-refractivity contribution in [2.75, 3.05) is 6.61 Å². The zero-order valence-corrected chi connectivity index (χ0v) is 12.8. The highest BCUT2D eigenvalue weighted by Gasteiger charge is 2.32. The molecule has 0 bridgehead atoms. The first-order valence-corrected chi connectivity index (χ1v) is 10.2. The minimum absolute atomic E-state index is 0.607. The van der Waals surface area contributed by atoms with Crippen LogP contribution in [0.1, 0.15) is 24.3 Å². The third-order valence-corrected chi connectivity index (χ3v) is 4.62. The predicted molar refractivity (Wildman–Crippen MR) is 80.3 cm³/mol. The topological polar surface area (TPSA) is 9.23 Å². The van der Waals surface area contributed by atoms with Crippen LogP contribution >= 0.6 is 0 Å². The molecule has 98 valence electrons. The maximum atomic E-state index is 6.11. The van der Waals surface area contributed by atoms with Crippen molar-refractivity contribution in [1.29, 1.82) is 0 Å². The highest BCUT2D eigenvalue weighted by molar-refractivity contribution is 6.69. The summed E-state index contributed by atoms with van der Waals surface area (Å²) in [5.41, 5.74) is 2.83. The van der Waals surface area contributed by atoms with E-state index >= 15 is 0 Å². The van der Waals surface area contributed by atoms with Crippen LogP contribution in [0.15, 0.2) is 42.5 Å². The lowest BCUT2D eigenvalue weighted by molar-refractivity contribution is 0.234. The highest BCUT2D eigenvalue weighted by atomic mass is 28.4. The van der Waals surface area contributed by atoms with Gasteiger partial charge in [-0.05, 0) is 49.9 Å². The molecular weight excluding hydrogens is 236 g/mol. The van der Waals surface area contributed by atoms with Crippen molar-refractivity contribution in [1.82, 2.24) is 0 Å². The van der Waals surface area contributed by atoms with E-state index in [9.17, 15) is 0 Å². The van der Waals surface area contributed by atoms with Gasteiger partial charge >= 0.3 is 0 Å². The summed E-state index contributed by atoms with van der Waals surface area (Å²) in [6, 6.07) is 10.8. The van der Waals surface area contributed by atoms with Gasteiger partial charge in [0.15, 0.2) is 8.32 Å². The summed E-state index contributed by atoms with van der Waals surface area (Å²) in [5, 5.41) is 0. The van der Waals surface area contributed by atoms with Crippen molar-refractivity contribution in [3.05, 3.63) is 48.0 Å². The fraction of sp³-hybridized carbons (Fsp3) is 0.500. The lowest BCUT2D eigenvalue weighted by Crippen LogP contribution is -2.29. The third-order valence-electron chi connectivity index (χ3n) is 3.59. The fourth-order valence-corrected chi connectivity index (χ4v) is 3.41. The largest absolute Gasteiger partial charge is 0.417 e. The van der Waals surface area contributed by atoms with Gasteiger partial charge in [-0.1, -0.05) is 42.5 Å². The summed E-state index contributed by atoms with van der Waals surface area (Å²) in [6.45, 7) is 11.9. The van der Waals surface area contributed by atoms with Gasteiger partial charge in [-0.2, -0.15) is 0 Å². The van der Waals surface area contributed by atoms with E-state index in [1.165, 1.54) is 11.1 Å². The normalized spacial score (nSPS) is 24.5. The van der Waals surface area contributed by atoms with Gasteiger partial charge in [0.25, 0.3) is 0 Å². The first-order valence-electron chi connectivity index (χ1n) is 6.81. The molecule has 0 unspecified atom stereocenters. The molecule has 0 aliphatic heterocycles. The van der Waals surface area contributed by atoms with E-state index in [0.717, 1.165) is 19.4 Å². The minimum Gasteiger partial charge on any atom is -0.417 e. The third kappa shape index (κ3) is 3.56. The second kappa shape index (κ2) is 5.41. The summed E-state index contributed by atoms with van der Waals surface area (Å²) in [7, 11) is -1.41. The van der Waals surface area contributed by atoms with Gasteiger partial charge < -0.3 is 4.43 Å². The fourth-order valence-electron chi connectivity index (χ4n) is 2.70. The van der Waals surface area contributed by atoms with Crippen molar-refractivity contribution in [3.63, 3.8) is 0 Å². The van der Waals surface area contributed by atoms with E-state index in [1.54, 1.807) is 0 Å². The van der Waals surface area contributed by atoms with Crippen molar-refractivity contribution in [2.45, 2.75) is 38.4 Å². The minimum atomic E-state index is -1.41. The zero-order chi connectivity index (χ0) is 13.2. The number of allylic oxidation sites excluding steroid dienone is 1. The van der Waals surface area contributed by atoms with Crippen LogP contribution in [0.3, 0.4) is 0 Å². The molecule has 1 aromatic rings. The Morgan fingerprint density at radius 3 is 2.44 bits per heavy atom. The summed E-state index contributed by atoms with van der Waals surface area (Å²) in [4.78, 5) is 0. The lowest BCUT2D eigenvalue weighted by atomic mass is 9.89. The molecule has 1 fully saturated rings. The van der Waals surface area contributed by atoms with Gasteiger partial charge in [0.05, 0.1) is 0 Å². The van der Waals surface area contributed by atoms with Crippen molar-refractivity contribution in [3.8, 4) is 0 Å². The van der Waals surface area contributed by atoms with Gasteiger partial charge in [-0.25, -0.2) is 0 Å². The molecular formula is C16H24OSi. The van der Waals surface area contributed by atoms with E-state index in [-0.39, 0.29) is 0 Å². The van der Waals surface area contributed by atoms with Crippen molar-refractivity contribution in [2.24, 2.45) is 5.92 Å². The van der Waals surface area contributed by atoms with E-state index < -0.39 is 8.32 Å². The summed E-state index contributed by atoms with van der Waals surface area (Å²) >= 11 is 0. The van der Waals surface area contributed by atoms with Gasteiger partial charge in [-0.15, -0.1) is 0 Å². The first-order chi connectivity index (χ1) is 8.46. The number of hydrogen-bond acceptors (Lipinski definition) is 1. The summed E-state index contributed by atoms with van der Waals surface area (Å²) < 4.78 is 6.11. The van der Waals surface area contributed by atoms with Crippen molar-refractivity contribution < 1.29 is 4.43 Å². The molecule has 1 saturated carbocycles. The average molecular weight is 260 g/mol. The SMILES string of the molecule is C=C1C[C@@H](CO[Si](C)(C)C)[C@H](c2ccccc2)C1. The smallest absolute Gasteiger partial charge is 0.183 e.